The molecular formula is C10H14N2O3. The van der Waals surface area contributed by atoms with E-state index in [4.69, 9.17) is 10.6 Å². The van der Waals surface area contributed by atoms with E-state index in [1.54, 1.807) is 6.07 Å². The van der Waals surface area contributed by atoms with E-state index in [2.05, 4.69) is 5.48 Å². The molecule has 0 atom stereocenters. The Labute approximate surface area is 87.8 Å². The van der Waals surface area contributed by atoms with Gasteiger partial charge in [-0.2, -0.15) is 5.48 Å². The number of hydrogen-bond acceptors (Lipinski definition) is 4. The Bertz CT molecular complexity index is 353. The maximum atomic E-state index is 10.3. The van der Waals surface area contributed by atoms with Crippen molar-refractivity contribution in [3.05, 3.63) is 29.3 Å². The van der Waals surface area contributed by atoms with Crippen molar-refractivity contribution < 1.29 is 14.7 Å². The van der Waals surface area contributed by atoms with Crippen LogP contribution >= 0.6 is 0 Å². The predicted molar refractivity (Wildman–Crippen MR) is 54.8 cm³/mol. The number of primary amides is 1. The Morgan fingerprint density at radius 1 is 1.60 bits per heavy atom. The van der Waals surface area contributed by atoms with E-state index in [1.165, 1.54) is 0 Å². The van der Waals surface area contributed by atoms with E-state index < -0.39 is 5.91 Å². The smallest absolute Gasteiger partial charge is 0.245 e. The van der Waals surface area contributed by atoms with Crippen LogP contribution in [0.3, 0.4) is 0 Å². The number of amides is 1. The molecule has 1 rings (SSSR count). The fourth-order valence-electron chi connectivity index (χ4n) is 1.11. The van der Waals surface area contributed by atoms with Crippen LogP contribution in [0.15, 0.2) is 18.2 Å². The largest absolute Gasteiger partial charge is 0.507 e. The van der Waals surface area contributed by atoms with Crippen LogP contribution in [-0.4, -0.2) is 17.6 Å². The molecule has 5 nitrogen and oxygen atoms in total. The monoisotopic (exact) mass is 210 g/mol. The SMILES string of the molecule is Cc1cccc(CNOCC(N)=O)c1O. The first-order valence-corrected chi connectivity index (χ1v) is 4.51. The zero-order chi connectivity index (χ0) is 11.3. The number of rotatable bonds is 5. The summed E-state index contributed by atoms with van der Waals surface area (Å²) in [5.74, 6) is -0.316. The molecule has 1 amide bonds. The van der Waals surface area contributed by atoms with Crippen LogP contribution in [0.2, 0.25) is 0 Å². The minimum Gasteiger partial charge on any atom is -0.507 e. The fourth-order valence-corrected chi connectivity index (χ4v) is 1.11. The van der Waals surface area contributed by atoms with Crippen molar-refractivity contribution in [2.45, 2.75) is 13.5 Å². The van der Waals surface area contributed by atoms with Crippen molar-refractivity contribution >= 4 is 5.91 Å². The third-order valence-corrected chi connectivity index (χ3v) is 1.90. The minimum atomic E-state index is -0.545. The number of nitrogens with one attached hydrogen (secondary N) is 1. The maximum absolute atomic E-state index is 10.3. The van der Waals surface area contributed by atoms with Crippen LogP contribution in [0.25, 0.3) is 0 Å². The number of aryl methyl sites for hydroxylation is 1. The van der Waals surface area contributed by atoms with Crippen LogP contribution in [0, 0.1) is 6.92 Å². The number of aromatic hydroxyl groups is 1. The quantitative estimate of drug-likeness (QED) is 0.479. The summed E-state index contributed by atoms with van der Waals surface area (Å²) in [6.07, 6.45) is 0. The Morgan fingerprint density at radius 3 is 3.00 bits per heavy atom. The molecule has 0 saturated carbocycles. The topological polar surface area (TPSA) is 84.6 Å². The minimum absolute atomic E-state index is 0.188. The number of hydroxylamine groups is 1. The van der Waals surface area contributed by atoms with Crippen LogP contribution in [-0.2, 0) is 16.2 Å². The van der Waals surface area contributed by atoms with E-state index in [9.17, 15) is 9.90 Å². The molecule has 0 heterocycles. The number of benzene rings is 1. The molecule has 82 valence electrons. The molecule has 5 heteroatoms. The van der Waals surface area contributed by atoms with E-state index in [0.29, 0.717) is 12.1 Å². The number of nitrogens with two attached hydrogens (primary N) is 1. The highest BCUT2D eigenvalue weighted by molar-refractivity contribution is 5.74. The summed E-state index contributed by atoms with van der Waals surface area (Å²) >= 11 is 0. The van der Waals surface area contributed by atoms with E-state index in [0.717, 1.165) is 5.56 Å². The molecule has 0 saturated heterocycles. The average Bonchev–Trinajstić information content (AvgIpc) is 2.18. The molecule has 0 spiro atoms. The highest BCUT2D eigenvalue weighted by Gasteiger charge is 2.03. The van der Waals surface area contributed by atoms with Crippen LogP contribution in [0.4, 0.5) is 0 Å². The van der Waals surface area contributed by atoms with Gasteiger partial charge in [0.1, 0.15) is 12.4 Å². The number of para-hydroxylation sites is 1. The summed E-state index contributed by atoms with van der Waals surface area (Å²) in [5.41, 5.74) is 8.92. The van der Waals surface area contributed by atoms with Gasteiger partial charge in [-0.1, -0.05) is 18.2 Å². The molecule has 0 aliphatic heterocycles. The lowest BCUT2D eigenvalue weighted by atomic mass is 10.1. The maximum Gasteiger partial charge on any atom is 0.245 e. The first-order valence-electron chi connectivity index (χ1n) is 4.51. The number of phenols is 1. The van der Waals surface area contributed by atoms with Gasteiger partial charge in [0.2, 0.25) is 5.91 Å². The van der Waals surface area contributed by atoms with Gasteiger partial charge in [0.15, 0.2) is 0 Å². The second-order valence-electron chi connectivity index (χ2n) is 3.16. The molecule has 15 heavy (non-hydrogen) atoms. The summed E-state index contributed by atoms with van der Waals surface area (Å²) in [6, 6.07) is 5.41. The van der Waals surface area contributed by atoms with Crippen molar-refractivity contribution in [2.75, 3.05) is 6.61 Å². The molecule has 0 aliphatic carbocycles. The predicted octanol–water partition coefficient (Wildman–Crippen LogP) is 0.207. The number of phenolic OH excluding ortho intramolecular Hbond substituents is 1. The summed E-state index contributed by atoms with van der Waals surface area (Å²) in [5, 5.41) is 9.62. The van der Waals surface area contributed by atoms with Gasteiger partial charge in [0.05, 0.1) is 0 Å². The Hall–Kier alpha value is -1.59. The number of hydrogen-bond donors (Lipinski definition) is 3. The van der Waals surface area contributed by atoms with Crippen molar-refractivity contribution in [1.82, 2.24) is 5.48 Å². The lowest BCUT2D eigenvalue weighted by Gasteiger charge is -2.07. The lowest BCUT2D eigenvalue weighted by Crippen LogP contribution is -2.24. The number of carbonyl (C=O) groups is 1. The normalized spacial score (nSPS) is 10.2. The third kappa shape index (κ3) is 3.57. The van der Waals surface area contributed by atoms with Crippen LogP contribution in [0.1, 0.15) is 11.1 Å². The van der Waals surface area contributed by atoms with Crippen molar-refractivity contribution in [3.8, 4) is 5.75 Å². The zero-order valence-corrected chi connectivity index (χ0v) is 8.49. The molecule has 0 radical (unpaired) electrons. The van der Waals surface area contributed by atoms with Gasteiger partial charge in [0, 0.05) is 12.1 Å². The molecule has 0 fully saturated rings. The second kappa shape index (κ2) is 5.33. The van der Waals surface area contributed by atoms with Gasteiger partial charge in [-0.05, 0) is 12.5 Å². The fraction of sp³-hybridized carbons (Fsp3) is 0.300. The standard InChI is InChI=1S/C10H14N2O3/c1-7-3-2-4-8(10(7)14)5-12-15-6-9(11)13/h2-4,12,14H,5-6H2,1H3,(H2,11,13). The molecule has 0 aliphatic rings. The molecule has 1 aromatic rings. The molecule has 0 aromatic heterocycles. The van der Waals surface area contributed by atoms with Gasteiger partial charge >= 0.3 is 0 Å². The van der Waals surface area contributed by atoms with E-state index in [-0.39, 0.29) is 12.4 Å². The van der Waals surface area contributed by atoms with Gasteiger partial charge in [-0.25, -0.2) is 0 Å². The Balaban J connectivity index is 2.44. The molecule has 0 unspecified atom stereocenters. The van der Waals surface area contributed by atoms with Gasteiger partial charge in [0.25, 0.3) is 0 Å². The zero-order valence-electron chi connectivity index (χ0n) is 8.49. The molecule has 1 aromatic carbocycles. The van der Waals surface area contributed by atoms with Gasteiger partial charge in [-0.3, -0.25) is 9.63 Å². The van der Waals surface area contributed by atoms with Gasteiger partial charge < -0.3 is 10.8 Å². The summed E-state index contributed by atoms with van der Waals surface area (Å²) in [4.78, 5) is 15.1. The average molecular weight is 210 g/mol. The van der Waals surface area contributed by atoms with Gasteiger partial charge in [-0.15, -0.1) is 0 Å². The molecular weight excluding hydrogens is 196 g/mol. The Kier molecular flexibility index (Phi) is 4.08. The van der Waals surface area contributed by atoms with E-state index >= 15 is 0 Å². The highest BCUT2D eigenvalue weighted by atomic mass is 16.6. The summed E-state index contributed by atoms with van der Waals surface area (Å²) in [7, 11) is 0. The van der Waals surface area contributed by atoms with E-state index in [1.807, 2.05) is 19.1 Å². The second-order valence-corrected chi connectivity index (χ2v) is 3.16. The molecule has 4 N–H and O–H groups in total. The summed E-state index contributed by atoms with van der Waals surface area (Å²) < 4.78 is 0. The first kappa shape index (κ1) is 11.5. The van der Waals surface area contributed by atoms with Crippen molar-refractivity contribution in [2.24, 2.45) is 5.73 Å². The molecule has 0 bridgehead atoms. The first-order chi connectivity index (χ1) is 7.11. The van der Waals surface area contributed by atoms with Crippen molar-refractivity contribution in [3.63, 3.8) is 0 Å². The third-order valence-electron chi connectivity index (χ3n) is 1.90. The number of carbonyl (C=O) groups excluding carboxylic acids is 1. The summed E-state index contributed by atoms with van der Waals surface area (Å²) in [6.45, 7) is 1.94. The Morgan fingerprint density at radius 2 is 2.33 bits per heavy atom. The van der Waals surface area contributed by atoms with Crippen molar-refractivity contribution in [1.29, 1.82) is 0 Å². The lowest BCUT2D eigenvalue weighted by molar-refractivity contribution is -0.125. The highest BCUT2D eigenvalue weighted by Crippen LogP contribution is 2.20. The van der Waals surface area contributed by atoms with Crippen LogP contribution < -0.4 is 11.2 Å². The van der Waals surface area contributed by atoms with Crippen LogP contribution in [0.5, 0.6) is 5.75 Å².